The minimum Gasteiger partial charge on any atom is -0.497 e. The number of methoxy groups -OCH3 is 1. The van der Waals surface area contributed by atoms with Gasteiger partial charge in [0.2, 0.25) is 11.8 Å². The predicted molar refractivity (Wildman–Crippen MR) is 125 cm³/mol. The standard InChI is InChI=1S/C25H31ClN2O3/c1-18-16-21(31-2)11-12-23(18)27-24(29)13-9-19-6-5-15-28(17-19)25(30)14-10-20-7-3-4-8-22(20)26/h3-4,7-8,11-12,16,19H,5-6,9-10,13-15,17H2,1-2H3,(H,27,29)/t19-/m0/s1. The highest BCUT2D eigenvalue weighted by Crippen LogP contribution is 2.24. The number of likely N-dealkylation sites (tertiary alicyclic amines) is 1. The van der Waals surface area contributed by atoms with Crippen LogP contribution in [0, 0.1) is 12.8 Å². The van der Waals surface area contributed by atoms with Crippen molar-refractivity contribution in [1.82, 2.24) is 4.90 Å². The van der Waals surface area contributed by atoms with Crippen LogP contribution >= 0.6 is 11.6 Å². The van der Waals surface area contributed by atoms with E-state index in [1.165, 1.54) is 0 Å². The third kappa shape index (κ3) is 6.73. The Hall–Kier alpha value is -2.53. The van der Waals surface area contributed by atoms with E-state index in [4.69, 9.17) is 16.3 Å². The van der Waals surface area contributed by atoms with Gasteiger partial charge in [0.05, 0.1) is 7.11 Å². The maximum absolute atomic E-state index is 12.7. The summed E-state index contributed by atoms with van der Waals surface area (Å²) < 4.78 is 5.21. The van der Waals surface area contributed by atoms with E-state index in [1.807, 2.05) is 54.3 Å². The summed E-state index contributed by atoms with van der Waals surface area (Å²) in [6.07, 6.45) is 4.41. The summed E-state index contributed by atoms with van der Waals surface area (Å²) in [5, 5.41) is 3.70. The largest absolute Gasteiger partial charge is 0.497 e. The zero-order valence-corrected chi connectivity index (χ0v) is 19.1. The van der Waals surface area contributed by atoms with Gasteiger partial charge in [0.1, 0.15) is 5.75 Å². The summed E-state index contributed by atoms with van der Waals surface area (Å²) in [6, 6.07) is 13.3. The number of anilines is 1. The van der Waals surface area contributed by atoms with Gasteiger partial charge in [-0.15, -0.1) is 0 Å². The maximum Gasteiger partial charge on any atom is 0.224 e. The van der Waals surface area contributed by atoms with E-state index in [9.17, 15) is 9.59 Å². The lowest BCUT2D eigenvalue weighted by molar-refractivity contribution is -0.133. The monoisotopic (exact) mass is 442 g/mol. The molecule has 1 aliphatic rings. The molecule has 2 amide bonds. The Morgan fingerprint density at radius 2 is 2.00 bits per heavy atom. The molecule has 0 bridgehead atoms. The Balaban J connectivity index is 1.44. The van der Waals surface area contributed by atoms with Gasteiger partial charge in [-0.3, -0.25) is 9.59 Å². The topological polar surface area (TPSA) is 58.6 Å². The molecule has 1 fully saturated rings. The van der Waals surface area contributed by atoms with Crippen molar-refractivity contribution in [2.75, 3.05) is 25.5 Å². The van der Waals surface area contributed by atoms with Crippen LogP contribution in [-0.2, 0) is 16.0 Å². The fourth-order valence-electron chi connectivity index (χ4n) is 4.08. The molecular formula is C25H31ClN2O3. The van der Waals surface area contributed by atoms with Crippen molar-refractivity contribution in [2.45, 2.75) is 45.4 Å². The van der Waals surface area contributed by atoms with Gasteiger partial charge >= 0.3 is 0 Å². The number of aryl methyl sites for hydroxylation is 2. The number of amides is 2. The Bertz CT molecular complexity index is 915. The van der Waals surface area contributed by atoms with Crippen molar-refractivity contribution in [3.05, 3.63) is 58.6 Å². The minimum atomic E-state index is 0.00966. The Labute approximate surface area is 189 Å². The molecule has 1 atom stereocenters. The van der Waals surface area contributed by atoms with Gasteiger partial charge in [0.25, 0.3) is 0 Å². The van der Waals surface area contributed by atoms with Crippen molar-refractivity contribution in [3.8, 4) is 5.75 Å². The Kier molecular flexibility index (Phi) is 8.35. The Morgan fingerprint density at radius 1 is 1.19 bits per heavy atom. The van der Waals surface area contributed by atoms with Gasteiger partial charge < -0.3 is 15.0 Å². The SMILES string of the molecule is COc1ccc(NC(=O)CC[C@@H]2CCCN(C(=O)CCc3ccccc3Cl)C2)c(C)c1. The number of nitrogens with zero attached hydrogens (tertiary/aromatic N) is 1. The quantitative estimate of drug-likeness (QED) is 0.607. The molecule has 6 heteroatoms. The summed E-state index contributed by atoms with van der Waals surface area (Å²) in [5.74, 6) is 1.32. The average molecular weight is 443 g/mol. The number of carbonyl (C=O) groups is 2. The molecule has 0 saturated carbocycles. The summed E-state index contributed by atoms with van der Waals surface area (Å²) in [6.45, 7) is 3.48. The van der Waals surface area contributed by atoms with E-state index in [-0.39, 0.29) is 11.8 Å². The van der Waals surface area contributed by atoms with Crippen molar-refractivity contribution in [2.24, 2.45) is 5.92 Å². The first-order chi connectivity index (χ1) is 15.0. The minimum absolute atomic E-state index is 0.00966. The first kappa shape index (κ1) is 23.1. The van der Waals surface area contributed by atoms with E-state index in [2.05, 4.69) is 5.32 Å². The number of benzene rings is 2. The molecular weight excluding hydrogens is 412 g/mol. The summed E-state index contributed by atoms with van der Waals surface area (Å²) in [4.78, 5) is 27.1. The van der Waals surface area contributed by atoms with Crippen LogP contribution in [0.25, 0.3) is 0 Å². The number of hydrogen-bond acceptors (Lipinski definition) is 3. The first-order valence-corrected chi connectivity index (χ1v) is 11.3. The van der Waals surface area contributed by atoms with E-state index >= 15 is 0 Å². The number of piperidine rings is 1. The van der Waals surface area contributed by atoms with Gasteiger partial charge in [-0.25, -0.2) is 0 Å². The van der Waals surface area contributed by atoms with Crippen molar-refractivity contribution in [1.29, 1.82) is 0 Å². The molecule has 1 saturated heterocycles. The summed E-state index contributed by atoms with van der Waals surface area (Å²) in [7, 11) is 1.63. The van der Waals surface area contributed by atoms with Gasteiger partial charge in [-0.2, -0.15) is 0 Å². The number of nitrogens with one attached hydrogen (secondary N) is 1. The first-order valence-electron chi connectivity index (χ1n) is 10.9. The third-order valence-electron chi connectivity index (χ3n) is 5.93. The molecule has 1 aliphatic heterocycles. The fraction of sp³-hybridized carbons (Fsp3) is 0.440. The zero-order valence-electron chi connectivity index (χ0n) is 18.3. The van der Waals surface area contributed by atoms with Gasteiger partial charge in [-0.05, 0) is 73.9 Å². The molecule has 31 heavy (non-hydrogen) atoms. The van der Waals surface area contributed by atoms with Crippen LogP contribution in [0.1, 0.15) is 43.2 Å². The Morgan fingerprint density at radius 3 is 2.74 bits per heavy atom. The van der Waals surface area contributed by atoms with Crippen molar-refractivity contribution in [3.63, 3.8) is 0 Å². The van der Waals surface area contributed by atoms with Crippen LogP contribution in [0.3, 0.4) is 0 Å². The van der Waals surface area contributed by atoms with Crippen LogP contribution in [0.5, 0.6) is 5.75 Å². The lowest BCUT2D eigenvalue weighted by Gasteiger charge is -2.33. The molecule has 1 N–H and O–H groups in total. The van der Waals surface area contributed by atoms with E-state index in [1.54, 1.807) is 7.11 Å². The van der Waals surface area contributed by atoms with Gasteiger partial charge in [-0.1, -0.05) is 29.8 Å². The number of ether oxygens (including phenoxy) is 1. The highest BCUT2D eigenvalue weighted by molar-refractivity contribution is 6.31. The third-order valence-corrected chi connectivity index (χ3v) is 6.29. The van der Waals surface area contributed by atoms with Gasteiger partial charge in [0, 0.05) is 36.6 Å². The zero-order chi connectivity index (χ0) is 22.2. The molecule has 2 aromatic carbocycles. The lowest BCUT2D eigenvalue weighted by Crippen LogP contribution is -2.40. The molecule has 0 spiro atoms. The molecule has 1 heterocycles. The number of rotatable bonds is 8. The molecule has 0 aromatic heterocycles. The van der Waals surface area contributed by atoms with Crippen LogP contribution in [0.2, 0.25) is 5.02 Å². The summed E-state index contributed by atoms with van der Waals surface area (Å²) >= 11 is 6.20. The second-order valence-corrected chi connectivity index (χ2v) is 8.61. The lowest BCUT2D eigenvalue weighted by atomic mass is 9.93. The predicted octanol–water partition coefficient (Wildman–Crippen LogP) is 5.25. The van der Waals surface area contributed by atoms with Crippen LogP contribution in [0.15, 0.2) is 42.5 Å². The van der Waals surface area contributed by atoms with Crippen molar-refractivity contribution < 1.29 is 14.3 Å². The second kappa shape index (κ2) is 11.2. The molecule has 166 valence electrons. The molecule has 0 unspecified atom stereocenters. The van der Waals surface area contributed by atoms with Gasteiger partial charge in [0.15, 0.2) is 0 Å². The normalized spacial score (nSPS) is 16.1. The average Bonchev–Trinajstić information content (AvgIpc) is 2.78. The molecule has 0 radical (unpaired) electrons. The molecule has 3 rings (SSSR count). The number of hydrogen-bond donors (Lipinski definition) is 1. The smallest absolute Gasteiger partial charge is 0.224 e. The van der Waals surface area contributed by atoms with Crippen LogP contribution < -0.4 is 10.1 Å². The maximum atomic E-state index is 12.7. The van der Waals surface area contributed by atoms with Crippen LogP contribution in [-0.4, -0.2) is 36.9 Å². The highest BCUT2D eigenvalue weighted by Gasteiger charge is 2.24. The summed E-state index contributed by atoms with van der Waals surface area (Å²) in [5.41, 5.74) is 2.79. The second-order valence-electron chi connectivity index (χ2n) is 8.21. The molecule has 0 aliphatic carbocycles. The fourth-order valence-corrected chi connectivity index (χ4v) is 4.31. The number of carbonyl (C=O) groups excluding carboxylic acids is 2. The highest BCUT2D eigenvalue weighted by atomic mass is 35.5. The molecule has 2 aromatic rings. The van der Waals surface area contributed by atoms with E-state index in [0.717, 1.165) is 54.9 Å². The molecule has 5 nitrogen and oxygen atoms in total. The van der Waals surface area contributed by atoms with E-state index < -0.39 is 0 Å². The van der Waals surface area contributed by atoms with Crippen molar-refractivity contribution >= 4 is 29.1 Å². The van der Waals surface area contributed by atoms with Crippen LogP contribution in [0.4, 0.5) is 5.69 Å². The van der Waals surface area contributed by atoms with E-state index in [0.29, 0.717) is 30.2 Å². The number of halogens is 1.